The van der Waals surface area contributed by atoms with E-state index < -0.39 is 24.1 Å². The first-order valence-corrected chi connectivity index (χ1v) is 12.4. The number of nitrogens with one attached hydrogen (secondary N) is 1. The number of esters is 2. The molecule has 1 atom stereocenters. The molecule has 0 aliphatic carbocycles. The van der Waals surface area contributed by atoms with Crippen molar-refractivity contribution in [3.8, 4) is 11.1 Å². The number of anilines is 1. The largest absolute Gasteiger partial charge is 0.458 e. The lowest BCUT2D eigenvalue weighted by molar-refractivity contribution is -0.142. The molecule has 0 aliphatic heterocycles. The minimum absolute atomic E-state index is 0.196. The molecule has 3 aromatic carbocycles. The summed E-state index contributed by atoms with van der Waals surface area (Å²) in [5.41, 5.74) is 2.62. The van der Waals surface area contributed by atoms with Crippen LogP contribution < -0.4 is 5.32 Å². The Morgan fingerprint density at radius 3 is 2.33 bits per heavy atom. The summed E-state index contributed by atoms with van der Waals surface area (Å²) >= 11 is 1.54. The first kappa shape index (κ1) is 26.6. The Morgan fingerprint density at radius 2 is 1.61 bits per heavy atom. The van der Waals surface area contributed by atoms with Crippen molar-refractivity contribution in [3.05, 3.63) is 96.6 Å². The van der Waals surface area contributed by atoms with Crippen LogP contribution in [0.25, 0.3) is 11.1 Å². The van der Waals surface area contributed by atoms with Crippen molar-refractivity contribution in [1.82, 2.24) is 0 Å². The molecule has 1 unspecified atom stereocenters. The Balaban J connectivity index is 1.70. The minimum Gasteiger partial charge on any atom is -0.458 e. The molecule has 0 spiro atoms. The van der Waals surface area contributed by atoms with Crippen molar-refractivity contribution in [2.45, 2.75) is 17.9 Å². The fraction of sp³-hybridized carbons (Fsp3) is 0.179. The quantitative estimate of drug-likeness (QED) is 0.157. The van der Waals surface area contributed by atoms with Gasteiger partial charge < -0.3 is 14.2 Å². The summed E-state index contributed by atoms with van der Waals surface area (Å²) in [7, 11) is 0. The summed E-state index contributed by atoms with van der Waals surface area (Å²) in [4.78, 5) is 38.3. The van der Waals surface area contributed by atoms with Crippen molar-refractivity contribution in [2.24, 2.45) is 0 Å². The van der Waals surface area contributed by atoms with Gasteiger partial charge in [0.2, 0.25) is 0 Å². The van der Waals surface area contributed by atoms with Crippen molar-refractivity contribution in [1.29, 1.82) is 0 Å². The van der Waals surface area contributed by atoms with Crippen LogP contribution in [0.3, 0.4) is 0 Å². The number of carbonyl (C=O) groups excluding carboxylic acids is 3. The summed E-state index contributed by atoms with van der Waals surface area (Å²) < 4.78 is 16.1. The third-order valence-corrected chi connectivity index (χ3v) is 5.70. The maximum absolute atomic E-state index is 13.1. The molecule has 0 saturated carbocycles. The van der Waals surface area contributed by atoms with Crippen LogP contribution in [0.15, 0.2) is 95.9 Å². The highest BCUT2D eigenvalue weighted by Crippen LogP contribution is 2.24. The standard InChI is InChI=1S/C28H27NO6S/c1-19(2)26(30)33-17-22(18-34-28(32)29-21-12-9-13-23(16-21)36-3)35-27(31)25-15-8-7-14-24(25)20-10-5-4-6-11-20/h4-16,22H,1,17-18H2,2-3H3,(H,29,32). The molecule has 0 bridgehead atoms. The van der Waals surface area contributed by atoms with E-state index in [2.05, 4.69) is 11.9 Å². The topological polar surface area (TPSA) is 90.9 Å². The highest BCUT2D eigenvalue weighted by atomic mass is 32.2. The van der Waals surface area contributed by atoms with Gasteiger partial charge in [-0.15, -0.1) is 11.8 Å². The van der Waals surface area contributed by atoms with E-state index in [9.17, 15) is 14.4 Å². The van der Waals surface area contributed by atoms with Gasteiger partial charge in [-0.25, -0.2) is 14.4 Å². The molecule has 0 fully saturated rings. The molecule has 1 N–H and O–H groups in total. The molecular formula is C28H27NO6S. The number of carbonyl (C=O) groups is 3. The van der Waals surface area contributed by atoms with Gasteiger partial charge in [0.1, 0.15) is 13.2 Å². The fourth-order valence-electron chi connectivity index (χ4n) is 3.18. The van der Waals surface area contributed by atoms with Crippen LogP contribution in [-0.4, -0.2) is 43.6 Å². The van der Waals surface area contributed by atoms with Crippen LogP contribution in [-0.2, 0) is 19.0 Å². The van der Waals surface area contributed by atoms with Crippen LogP contribution in [0.2, 0.25) is 0 Å². The predicted octanol–water partition coefficient (Wildman–Crippen LogP) is 5.97. The molecule has 186 valence electrons. The normalized spacial score (nSPS) is 11.2. The van der Waals surface area contributed by atoms with Crippen LogP contribution in [0, 0.1) is 0 Å². The first-order valence-electron chi connectivity index (χ1n) is 11.1. The average molecular weight is 506 g/mol. The van der Waals surface area contributed by atoms with Crippen LogP contribution in [0.1, 0.15) is 17.3 Å². The molecule has 1 amide bonds. The second-order valence-electron chi connectivity index (χ2n) is 7.77. The van der Waals surface area contributed by atoms with Gasteiger partial charge in [-0.2, -0.15) is 0 Å². The Morgan fingerprint density at radius 1 is 0.917 bits per heavy atom. The molecule has 36 heavy (non-hydrogen) atoms. The highest BCUT2D eigenvalue weighted by molar-refractivity contribution is 7.98. The summed E-state index contributed by atoms with van der Waals surface area (Å²) in [6.07, 6.45) is 0.164. The zero-order chi connectivity index (χ0) is 25.9. The van der Waals surface area contributed by atoms with Gasteiger partial charge in [-0.1, -0.05) is 61.2 Å². The number of benzene rings is 3. The monoisotopic (exact) mass is 505 g/mol. The highest BCUT2D eigenvalue weighted by Gasteiger charge is 2.22. The molecule has 0 aromatic heterocycles. The lowest BCUT2D eigenvalue weighted by Gasteiger charge is -2.19. The third-order valence-electron chi connectivity index (χ3n) is 4.97. The van der Waals surface area contributed by atoms with Crippen LogP contribution >= 0.6 is 11.8 Å². The summed E-state index contributed by atoms with van der Waals surface area (Å²) in [6, 6.07) is 23.7. The number of thioether (sulfide) groups is 1. The van der Waals surface area contributed by atoms with Gasteiger partial charge in [-0.05, 0) is 48.6 Å². The second-order valence-corrected chi connectivity index (χ2v) is 8.65. The predicted molar refractivity (Wildman–Crippen MR) is 140 cm³/mol. The maximum Gasteiger partial charge on any atom is 0.411 e. The van der Waals surface area contributed by atoms with Gasteiger partial charge in [0, 0.05) is 16.2 Å². The maximum atomic E-state index is 13.1. The van der Waals surface area contributed by atoms with E-state index in [1.54, 1.807) is 24.3 Å². The van der Waals surface area contributed by atoms with Crippen molar-refractivity contribution in [3.63, 3.8) is 0 Å². The molecule has 0 aliphatic rings. The zero-order valence-electron chi connectivity index (χ0n) is 20.1. The molecule has 0 radical (unpaired) electrons. The van der Waals surface area contributed by atoms with Gasteiger partial charge >= 0.3 is 18.0 Å². The van der Waals surface area contributed by atoms with E-state index >= 15 is 0 Å². The Hall–Kier alpha value is -4.04. The van der Waals surface area contributed by atoms with Crippen molar-refractivity contribution < 1.29 is 28.6 Å². The van der Waals surface area contributed by atoms with E-state index in [1.807, 2.05) is 60.9 Å². The number of rotatable bonds is 10. The summed E-state index contributed by atoms with van der Waals surface area (Å²) in [5, 5.41) is 2.63. The number of ether oxygens (including phenoxy) is 3. The SMILES string of the molecule is C=C(C)C(=O)OCC(COC(=O)Nc1cccc(SC)c1)OC(=O)c1ccccc1-c1ccccc1. The summed E-state index contributed by atoms with van der Waals surface area (Å²) in [6.45, 7) is 4.42. The smallest absolute Gasteiger partial charge is 0.411 e. The molecule has 3 rings (SSSR count). The van der Waals surface area contributed by atoms with Gasteiger partial charge in [0.15, 0.2) is 6.10 Å². The zero-order valence-corrected chi connectivity index (χ0v) is 20.9. The lowest BCUT2D eigenvalue weighted by atomic mass is 10.00. The number of hydrogen-bond acceptors (Lipinski definition) is 7. The molecule has 7 nitrogen and oxygen atoms in total. The van der Waals surface area contributed by atoms with Gasteiger partial charge in [0.25, 0.3) is 0 Å². The Kier molecular flexibility index (Phi) is 9.71. The van der Waals surface area contributed by atoms with Crippen LogP contribution in [0.4, 0.5) is 10.5 Å². The lowest BCUT2D eigenvalue weighted by Crippen LogP contribution is -2.32. The Bertz CT molecular complexity index is 1230. The van der Waals surface area contributed by atoms with Crippen molar-refractivity contribution in [2.75, 3.05) is 24.8 Å². The second kappa shape index (κ2) is 13.2. The minimum atomic E-state index is -1.03. The first-order chi connectivity index (χ1) is 17.4. The van der Waals surface area contributed by atoms with E-state index in [1.165, 1.54) is 18.7 Å². The summed E-state index contributed by atoms with van der Waals surface area (Å²) in [5.74, 6) is -1.28. The fourth-order valence-corrected chi connectivity index (χ4v) is 3.64. The van der Waals surface area contributed by atoms with Gasteiger partial charge in [-0.3, -0.25) is 5.32 Å². The average Bonchev–Trinajstić information content (AvgIpc) is 2.90. The van der Waals surface area contributed by atoms with Crippen molar-refractivity contribution >= 4 is 35.5 Å². The van der Waals surface area contributed by atoms with E-state index in [4.69, 9.17) is 14.2 Å². The third kappa shape index (κ3) is 7.74. The number of amides is 1. The molecule has 8 heteroatoms. The Labute approximate surface area is 214 Å². The van der Waals surface area contributed by atoms with Crippen LogP contribution in [0.5, 0.6) is 0 Å². The molecule has 3 aromatic rings. The van der Waals surface area contributed by atoms with E-state index in [0.717, 1.165) is 10.5 Å². The van der Waals surface area contributed by atoms with Gasteiger partial charge in [0.05, 0.1) is 5.56 Å². The molecule has 0 saturated heterocycles. The van der Waals surface area contributed by atoms with E-state index in [-0.39, 0.29) is 18.8 Å². The number of hydrogen-bond donors (Lipinski definition) is 1. The van der Waals surface area contributed by atoms with E-state index in [0.29, 0.717) is 16.8 Å². The molecule has 0 heterocycles. The molecular weight excluding hydrogens is 478 g/mol.